The fraction of sp³-hybridized carbons (Fsp3) is 0.533. The zero-order valence-corrected chi connectivity index (χ0v) is 11.5. The van der Waals surface area contributed by atoms with Crippen LogP contribution in [0.25, 0.3) is 0 Å². The second-order valence-electron chi connectivity index (χ2n) is 5.65. The van der Waals surface area contributed by atoms with E-state index < -0.39 is 11.7 Å². The first-order valence-electron chi connectivity index (χ1n) is 7.13. The van der Waals surface area contributed by atoms with Gasteiger partial charge in [-0.2, -0.15) is 13.2 Å². The van der Waals surface area contributed by atoms with Crippen molar-refractivity contribution in [1.82, 2.24) is 10.2 Å². The van der Waals surface area contributed by atoms with Crippen molar-refractivity contribution in [1.29, 1.82) is 0 Å². The predicted octanol–water partition coefficient (Wildman–Crippen LogP) is 2.24. The first kappa shape index (κ1) is 14.4. The molecule has 2 unspecified atom stereocenters. The van der Waals surface area contributed by atoms with Crippen LogP contribution in [-0.2, 0) is 11.0 Å². The van der Waals surface area contributed by atoms with Crippen LogP contribution < -0.4 is 5.32 Å². The number of alkyl halides is 3. The fourth-order valence-corrected chi connectivity index (χ4v) is 2.90. The molecule has 0 radical (unpaired) electrons. The monoisotopic (exact) mass is 298 g/mol. The van der Waals surface area contributed by atoms with E-state index in [1.54, 1.807) is 6.07 Å². The maximum atomic E-state index is 12.7. The summed E-state index contributed by atoms with van der Waals surface area (Å²) in [5, 5.41) is 3.18. The van der Waals surface area contributed by atoms with E-state index in [1.807, 2.05) is 4.90 Å². The highest BCUT2D eigenvalue weighted by Crippen LogP contribution is 2.49. The number of nitrogens with one attached hydrogen (secondary N) is 1. The molecule has 0 bridgehead atoms. The standard InChI is InChI=1S/C15H17F3N2O/c16-15(17,18)11-3-1-2-10(8-11)12-9-13(12)14(21)20-6-4-19-5-7-20/h1-3,8,12-13,19H,4-7,9H2. The van der Waals surface area contributed by atoms with Gasteiger partial charge in [0.05, 0.1) is 5.56 Å². The molecule has 1 saturated heterocycles. The fourth-order valence-electron chi connectivity index (χ4n) is 2.90. The highest BCUT2D eigenvalue weighted by Gasteiger charge is 2.46. The van der Waals surface area contributed by atoms with E-state index in [-0.39, 0.29) is 17.7 Å². The number of hydrogen-bond donors (Lipinski definition) is 1. The van der Waals surface area contributed by atoms with Gasteiger partial charge < -0.3 is 10.2 Å². The molecule has 2 fully saturated rings. The maximum Gasteiger partial charge on any atom is 0.416 e. The van der Waals surface area contributed by atoms with Gasteiger partial charge >= 0.3 is 6.18 Å². The van der Waals surface area contributed by atoms with Gasteiger partial charge in [-0.25, -0.2) is 0 Å². The molecule has 0 aromatic heterocycles. The van der Waals surface area contributed by atoms with Crippen molar-refractivity contribution < 1.29 is 18.0 Å². The smallest absolute Gasteiger partial charge is 0.340 e. The van der Waals surface area contributed by atoms with E-state index in [9.17, 15) is 18.0 Å². The first-order chi connectivity index (χ1) is 9.97. The zero-order chi connectivity index (χ0) is 15.0. The van der Waals surface area contributed by atoms with Crippen LogP contribution in [0.4, 0.5) is 13.2 Å². The molecule has 1 aliphatic heterocycles. The van der Waals surface area contributed by atoms with Crippen molar-refractivity contribution in [2.45, 2.75) is 18.5 Å². The van der Waals surface area contributed by atoms with Crippen LogP contribution in [0.3, 0.4) is 0 Å². The van der Waals surface area contributed by atoms with Crippen molar-refractivity contribution in [3.05, 3.63) is 35.4 Å². The SMILES string of the molecule is O=C(C1CC1c1cccc(C(F)(F)F)c1)N1CCNCC1. The number of hydrogen-bond acceptors (Lipinski definition) is 2. The van der Waals surface area contributed by atoms with Gasteiger partial charge in [-0.3, -0.25) is 4.79 Å². The number of carbonyl (C=O) groups is 1. The van der Waals surface area contributed by atoms with Gasteiger partial charge in [-0.1, -0.05) is 18.2 Å². The molecule has 1 heterocycles. The lowest BCUT2D eigenvalue weighted by Crippen LogP contribution is -2.47. The van der Waals surface area contributed by atoms with E-state index in [4.69, 9.17) is 0 Å². The van der Waals surface area contributed by atoms with Crippen molar-refractivity contribution in [2.24, 2.45) is 5.92 Å². The third-order valence-electron chi connectivity index (χ3n) is 4.18. The molecule has 21 heavy (non-hydrogen) atoms. The topological polar surface area (TPSA) is 32.3 Å². The Labute approximate surface area is 121 Å². The largest absolute Gasteiger partial charge is 0.416 e. The number of benzene rings is 1. The Bertz CT molecular complexity index is 538. The Morgan fingerprint density at radius 1 is 1.24 bits per heavy atom. The lowest BCUT2D eigenvalue weighted by molar-refractivity contribution is -0.137. The van der Waals surface area contributed by atoms with Crippen LogP contribution >= 0.6 is 0 Å². The Kier molecular flexibility index (Phi) is 3.65. The number of amides is 1. The highest BCUT2D eigenvalue weighted by molar-refractivity contribution is 5.83. The Hall–Kier alpha value is -1.56. The van der Waals surface area contributed by atoms with Crippen LogP contribution in [0, 0.1) is 5.92 Å². The number of carbonyl (C=O) groups excluding carboxylic acids is 1. The minimum absolute atomic E-state index is 0.0605. The van der Waals surface area contributed by atoms with Crippen LogP contribution in [0.1, 0.15) is 23.5 Å². The number of piperazine rings is 1. The number of nitrogens with zero attached hydrogens (tertiary/aromatic N) is 1. The molecule has 2 aliphatic rings. The van der Waals surface area contributed by atoms with E-state index in [1.165, 1.54) is 12.1 Å². The van der Waals surface area contributed by atoms with Gasteiger partial charge in [-0.15, -0.1) is 0 Å². The van der Waals surface area contributed by atoms with Gasteiger partial charge in [0, 0.05) is 32.1 Å². The molecule has 1 aliphatic carbocycles. The summed E-state index contributed by atoms with van der Waals surface area (Å²) < 4.78 is 38.1. The van der Waals surface area contributed by atoms with Gasteiger partial charge in [0.25, 0.3) is 0 Å². The predicted molar refractivity (Wildman–Crippen MR) is 71.7 cm³/mol. The molecule has 1 amide bonds. The van der Waals surface area contributed by atoms with Crippen molar-refractivity contribution in [2.75, 3.05) is 26.2 Å². The molecule has 114 valence electrons. The Morgan fingerprint density at radius 2 is 1.95 bits per heavy atom. The summed E-state index contributed by atoms with van der Waals surface area (Å²) in [6.07, 6.45) is -3.67. The third-order valence-corrected chi connectivity index (χ3v) is 4.18. The second kappa shape index (κ2) is 5.33. The van der Waals surface area contributed by atoms with Crippen molar-refractivity contribution >= 4 is 5.91 Å². The van der Waals surface area contributed by atoms with Crippen molar-refractivity contribution in [3.63, 3.8) is 0 Å². The molecule has 1 aromatic rings. The van der Waals surface area contributed by atoms with E-state index in [2.05, 4.69) is 5.32 Å². The Balaban J connectivity index is 1.68. The summed E-state index contributed by atoms with van der Waals surface area (Å²) in [6, 6.07) is 5.35. The number of rotatable bonds is 2. The summed E-state index contributed by atoms with van der Waals surface area (Å²) in [7, 11) is 0. The zero-order valence-electron chi connectivity index (χ0n) is 11.5. The Morgan fingerprint density at radius 3 is 2.62 bits per heavy atom. The van der Waals surface area contributed by atoms with Crippen LogP contribution in [0.2, 0.25) is 0 Å². The van der Waals surface area contributed by atoms with Crippen LogP contribution in [0.15, 0.2) is 24.3 Å². The molecule has 6 heteroatoms. The normalized spacial score (nSPS) is 25.8. The second-order valence-corrected chi connectivity index (χ2v) is 5.65. The molecule has 1 aromatic carbocycles. The minimum Gasteiger partial charge on any atom is -0.340 e. The lowest BCUT2D eigenvalue weighted by atomic mass is 10.0. The molecular weight excluding hydrogens is 281 g/mol. The van der Waals surface area contributed by atoms with Crippen LogP contribution in [0.5, 0.6) is 0 Å². The van der Waals surface area contributed by atoms with Gasteiger partial charge in [0.1, 0.15) is 0 Å². The van der Waals surface area contributed by atoms with E-state index in [0.717, 1.165) is 19.2 Å². The highest BCUT2D eigenvalue weighted by atomic mass is 19.4. The van der Waals surface area contributed by atoms with E-state index in [0.29, 0.717) is 25.1 Å². The van der Waals surface area contributed by atoms with Gasteiger partial charge in [0.2, 0.25) is 5.91 Å². The molecule has 3 nitrogen and oxygen atoms in total. The van der Waals surface area contributed by atoms with E-state index >= 15 is 0 Å². The molecule has 2 atom stereocenters. The maximum absolute atomic E-state index is 12.7. The quantitative estimate of drug-likeness (QED) is 0.908. The molecule has 1 N–H and O–H groups in total. The molecule has 1 saturated carbocycles. The number of halogens is 3. The van der Waals surface area contributed by atoms with Gasteiger partial charge in [0.15, 0.2) is 0 Å². The molecule has 3 rings (SSSR count). The summed E-state index contributed by atoms with van der Waals surface area (Å²) in [5.41, 5.74) is -0.0152. The summed E-state index contributed by atoms with van der Waals surface area (Å²) in [4.78, 5) is 14.1. The molecular formula is C15H17F3N2O. The van der Waals surface area contributed by atoms with Crippen molar-refractivity contribution in [3.8, 4) is 0 Å². The van der Waals surface area contributed by atoms with Crippen LogP contribution in [-0.4, -0.2) is 37.0 Å². The third kappa shape index (κ3) is 3.05. The first-order valence-corrected chi connectivity index (χ1v) is 7.13. The average Bonchev–Trinajstić information content (AvgIpc) is 3.27. The van der Waals surface area contributed by atoms with Gasteiger partial charge in [-0.05, 0) is 24.0 Å². The minimum atomic E-state index is -4.33. The summed E-state index contributed by atoms with van der Waals surface area (Å²) in [6.45, 7) is 2.94. The summed E-state index contributed by atoms with van der Waals surface area (Å²) in [5.74, 6) is -0.125. The summed E-state index contributed by atoms with van der Waals surface area (Å²) >= 11 is 0. The average molecular weight is 298 g/mol. The lowest BCUT2D eigenvalue weighted by Gasteiger charge is -2.27. The molecule has 0 spiro atoms.